The molecule has 1 aromatic heterocycles. The summed E-state index contributed by atoms with van der Waals surface area (Å²) in [5.41, 5.74) is 4.84. The minimum absolute atomic E-state index is 0.0758. The molecule has 10 nitrogen and oxygen atoms in total. The Hall–Kier alpha value is -2.68. The van der Waals surface area contributed by atoms with Crippen molar-refractivity contribution in [2.45, 2.75) is 27.0 Å². The van der Waals surface area contributed by atoms with Crippen LogP contribution in [0.5, 0.6) is 5.75 Å². The van der Waals surface area contributed by atoms with Gasteiger partial charge in [-0.3, -0.25) is 13.9 Å². The molecule has 2 N–H and O–H groups in total. The number of ether oxygens (including phenoxy) is 2. The Labute approximate surface area is 168 Å². The minimum atomic E-state index is -3.89. The van der Waals surface area contributed by atoms with E-state index in [4.69, 9.17) is 24.3 Å². The molecule has 0 fully saturated rings. The van der Waals surface area contributed by atoms with E-state index in [1.54, 1.807) is 51.1 Å². The van der Waals surface area contributed by atoms with Crippen LogP contribution in [0.15, 0.2) is 47.4 Å². The summed E-state index contributed by atoms with van der Waals surface area (Å²) < 4.78 is 35.4. The molecule has 0 amide bonds. The van der Waals surface area contributed by atoms with Crippen molar-refractivity contribution < 1.29 is 27.9 Å². The third kappa shape index (κ3) is 7.01. The van der Waals surface area contributed by atoms with Crippen molar-refractivity contribution in [1.29, 1.82) is 0 Å². The lowest BCUT2D eigenvalue weighted by molar-refractivity contribution is -0.154. The van der Waals surface area contributed by atoms with Crippen molar-refractivity contribution in [3.05, 3.63) is 53.1 Å². The Morgan fingerprint density at radius 2 is 1.90 bits per heavy atom. The molecule has 0 bridgehead atoms. The molecule has 1 heterocycles. The predicted octanol–water partition coefficient (Wildman–Crippen LogP) is 2.76. The van der Waals surface area contributed by atoms with Crippen molar-refractivity contribution >= 4 is 19.4 Å². The zero-order chi connectivity index (χ0) is 21.4. The number of para-hydroxylation sites is 1. The summed E-state index contributed by atoms with van der Waals surface area (Å²) >= 11 is 0. The molecule has 158 valence electrons. The van der Waals surface area contributed by atoms with Crippen molar-refractivity contribution in [3.8, 4) is 5.75 Å². The standard InChI is InChI=1S/C18H24N3O7P/c1-13(2)17(22)25-11-27-29(24,28-15-7-5-4-6-8-15)12-26-14(3)21-10-9-16(19)20-18(21)23/h4-10,13-14H,11-12H2,1-3H3,(H2,19,20,23). The molecule has 0 aliphatic heterocycles. The van der Waals surface area contributed by atoms with Gasteiger partial charge in [-0.15, -0.1) is 0 Å². The van der Waals surface area contributed by atoms with Gasteiger partial charge in [-0.05, 0) is 25.1 Å². The summed E-state index contributed by atoms with van der Waals surface area (Å²) in [4.78, 5) is 27.1. The van der Waals surface area contributed by atoms with E-state index in [0.29, 0.717) is 0 Å². The lowest BCUT2D eigenvalue weighted by Crippen LogP contribution is -2.27. The average Bonchev–Trinajstić information content (AvgIpc) is 2.67. The van der Waals surface area contributed by atoms with E-state index in [2.05, 4.69) is 4.98 Å². The number of carbonyl (C=O) groups excluding carboxylic acids is 1. The molecular formula is C18H24N3O7P. The quantitative estimate of drug-likeness (QED) is 0.347. The molecule has 11 heteroatoms. The van der Waals surface area contributed by atoms with E-state index in [0.717, 1.165) is 0 Å². The third-order valence-electron chi connectivity index (χ3n) is 3.63. The Morgan fingerprint density at radius 3 is 2.52 bits per heavy atom. The van der Waals surface area contributed by atoms with Crippen molar-refractivity contribution in [2.24, 2.45) is 5.92 Å². The third-order valence-corrected chi connectivity index (χ3v) is 5.08. The molecule has 0 saturated heterocycles. The van der Waals surface area contributed by atoms with Gasteiger partial charge in [-0.25, -0.2) is 9.36 Å². The molecule has 2 unspecified atom stereocenters. The molecule has 0 saturated carbocycles. The summed E-state index contributed by atoms with van der Waals surface area (Å²) in [7, 11) is -3.89. The number of nitrogen functional groups attached to an aromatic ring is 1. The van der Waals surface area contributed by atoms with Gasteiger partial charge in [0, 0.05) is 6.20 Å². The molecule has 0 aliphatic rings. The first-order valence-corrected chi connectivity index (χ1v) is 10.5. The molecule has 2 rings (SSSR count). The van der Waals surface area contributed by atoms with Gasteiger partial charge >= 0.3 is 19.3 Å². The van der Waals surface area contributed by atoms with Gasteiger partial charge in [0.05, 0.1) is 5.92 Å². The van der Waals surface area contributed by atoms with Crippen LogP contribution in [0, 0.1) is 5.92 Å². The number of nitrogens with two attached hydrogens (primary N) is 1. The van der Waals surface area contributed by atoms with Crippen LogP contribution in [-0.2, 0) is 23.4 Å². The number of esters is 1. The number of hydrogen-bond donors (Lipinski definition) is 1. The smallest absolute Gasteiger partial charge is 0.407 e. The molecule has 2 aromatic rings. The number of anilines is 1. The second-order valence-electron chi connectivity index (χ2n) is 6.32. The molecule has 0 aliphatic carbocycles. The van der Waals surface area contributed by atoms with E-state index < -0.39 is 38.6 Å². The molecular weight excluding hydrogens is 401 g/mol. The highest BCUT2D eigenvalue weighted by Crippen LogP contribution is 2.48. The number of nitrogens with zero attached hydrogens (tertiary/aromatic N) is 2. The zero-order valence-corrected chi connectivity index (χ0v) is 17.3. The van der Waals surface area contributed by atoms with Gasteiger partial charge in [0.2, 0.25) is 6.79 Å². The maximum atomic E-state index is 13.1. The number of rotatable bonds is 10. The largest absolute Gasteiger partial charge is 0.438 e. The lowest BCUT2D eigenvalue weighted by atomic mass is 10.2. The normalized spacial score (nSPS) is 14.2. The van der Waals surface area contributed by atoms with Gasteiger partial charge in [0.15, 0.2) is 6.35 Å². The second kappa shape index (κ2) is 10.2. The van der Waals surface area contributed by atoms with Crippen LogP contribution in [0.4, 0.5) is 5.82 Å². The van der Waals surface area contributed by atoms with E-state index in [9.17, 15) is 14.2 Å². The topological polar surface area (TPSA) is 132 Å². The first-order valence-electron chi connectivity index (χ1n) is 8.81. The summed E-state index contributed by atoms with van der Waals surface area (Å²) in [5, 5.41) is 0. The van der Waals surface area contributed by atoms with Gasteiger partial charge < -0.3 is 19.7 Å². The fourth-order valence-corrected chi connectivity index (χ4v) is 3.28. The molecule has 2 atom stereocenters. The van der Waals surface area contributed by atoms with E-state index in [-0.39, 0.29) is 17.5 Å². The summed E-state index contributed by atoms with van der Waals surface area (Å²) in [5.74, 6) is -0.514. The van der Waals surface area contributed by atoms with E-state index in [1.165, 1.54) is 16.8 Å². The van der Waals surface area contributed by atoms with Gasteiger partial charge in [-0.1, -0.05) is 32.0 Å². The molecule has 1 aromatic carbocycles. The highest BCUT2D eigenvalue weighted by molar-refractivity contribution is 7.54. The fourth-order valence-electron chi connectivity index (χ4n) is 2.05. The highest BCUT2D eigenvalue weighted by atomic mass is 31.2. The molecule has 29 heavy (non-hydrogen) atoms. The van der Waals surface area contributed by atoms with Crippen molar-refractivity contribution in [3.63, 3.8) is 0 Å². The van der Waals surface area contributed by atoms with Gasteiger partial charge in [0.1, 0.15) is 17.8 Å². The Kier molecular flexibility index (Phi) is 7.95. The fraction of sp³-hybridized carbons (Fsp3) is 0.389. The first kappa shape index (κ1) is 22.6. The highest BCUT2D eigenvalue weighted by Gasteiger charge is 2.29. The summed E-state index contributed by atoms with van der Waals surface area (Å²) in [6.45, 7) is 4.31. The summed E-state index contributed by atoms with van der Waals surface area (Å²) in [6.07, 6.45) is 0.0768. The predicted molar refractivity (Wildman–Crippen MR) is 105 cm³/mol. The van der Waals surface area contributed by atoms with Crippen LogP contribution in [0.2, 0.25) is 0 Å². The van der Waals surface area contributed by atoms with E-state index >= 15 is 0 Å². The van der Waals surface area contributed by atoms with Crippen molar-refractivity contribution in [2.75, 3.05) is 18.9 Å². The van der Waals surface area contributed by atoms with Crippen LogP contribution < -0.4 is 15.9 Å². The Morgan fingerprint density at radius 1 is 1.21 bits per heavy atom. The van der Waals surface area contributed by atoms with Crippen LogP contribution in [0.25, 0.3) is 0 Å². The SMILES string of the molecule is CC(C)C(=O)OCOP(=O)(COC(C)n1ccc(N)nc1=O)Oc1ccccc1. The summed E-state index contributed by atoms with van der Waals surface area (Å²) in [6, 6.07) is 9.77. The average molecular weight is 425 g/mol. The van der Waals surface area contributed by atoms with Crippen LogP contribution in [-0.4, -0.2) is 28.7 Å². The second-order valence-corrected chi connectivity index (χ2v) is 8.24. The van der Waals surface area contributed by atoms with Crippen LogP contribution >= 0.6 is 7.60 Å². The number of hydrogen-bond acceptors (Lipinski definition) is 9. The van der Waals surface area contributed by atoms with Crippen LogP contribution in [0.3, 0.4) is 0 Å². The van der Waals surface area contributed by atoms with E-state index in [1.807, 2.05) is 0 Å². The number of aromatic nitrogens is 2. The first-order chi connectivity index (χ1) is 13.7. The maximum absolute atomic E-state index is 13.1. The Bertz CT molecular complexity index is 917. The lowest BCUT2D eigenvalue weighted by Gasteiger charge is -2.22. The molecule has 0 radical (unpaired) electrons. The number of benzene rings is 1. The van der Waals surface area contributed by atoms with Crippen LogP contribution in [0.1, 0.15) is 27.0 Å². The monoisotopic (exact) mass is 425 g/mol. The number of carbonyl (C=O) groups is 1. The Balaban J connectivity index is 2.08. The molecule has 0 spiro atoms. The minimum Gasteiger partial charge on any atom is -0.438 e. The van der Waals surface area contributed by atoms with Gasteiger partial charge in [-0.2, -0.15) is 4.98 Å². The maximum Gasteiger partial charge on any atom is 0.407 e. The van der Waals surface area contributed by atoms with Gasteiger partial charge in [0.25, 0.3) is 0 Å². The van der Waals surface area contributed by atoms with Crippen molar-refractivity contribution in [1.82, 2.24) is 9.55 Å². The zero-order valence-electron chi connectivity index (χ0n) is 16.4.